The second kappa shape index (κ2) is 11.2. The molecule has 0 saturated carbocycles. The van der Waals surface area contributed by atoms with E-state index in [1.165, 1.54) is 24.1 Å². The number of nitrogens with zero attached hydrogens (tertiary/aromatic N) is 3. The predicted octanol–water partition coefficient (Wildman–Crippen LogP) is 3.95. The van der Waals surface area contributed by atoms with Gasteiger partial charge in [-0.2, -0.15) is 0 Å². The summed E-state index contributed by atoms with van der Waals surface area (Å²) in [5.41, 5.74) is 1.16. The fourth-order valence-corrected chi connectivity index (χ4v) is 3.38. The average molecular weight is 337 g/mol. The van der Waals surface area contributed by atoms with E-state index in [-0.39, 0.29) is 0 Å². The molecule has 1 aromatic rings. The summed E-state index contributed by atoms with van der Waals surface area (Å²) in [6, 6.07) is 0. The first-order valence-electron chi connectivity index (χ1n) is 8.61. The fraction of sp³-hybridized carbons (Fsp3) is 0.667. The molecular formula is C18H32N4S. The normalized spacial score (nSPS) is 11.6. The lowest BCUT2D eigenvalue weighted by Gasteiger charge is -2.22. The third-order valence-electron chi connectivity index (χ3n) is 3.70. The SMILES string of the molecule is C=CCCCCCN(C)C(=NCCc1sc(C)nc1C)NCC. The molecule has 0 saturated heterocycles. The summed E-state index contributed by atoms with van der Waals surface area (Å²) in [5.74, 6) is 1.01. The quantitative estimate of drug-likeness (QED) is 0.304. The van der Waals surface area contributed by atoms with Crippen molar-refractivity contribution >= 4 is 17.3 Å². The first-order chi connectivity index (χ1) is 11.1. The van der Waals surface area contributed by atoms with Crippen LogP contribution in [0.25, 0.3) is 0 Å². The van der Waals surface area contributed by atoms with Gasteiger partial charge in [-0.1, -0.05) is 12.5 Å². The van der Waals surface area contributed by atoms with E-state index in [0.717, 1.165) is 49.1 Å². The van der Waals surface area contributed by atoms with Crippen LogP contribution in [-0.4, -0.2) is 42.5 Å². The van der Waals surface area contributed by atoms with Crippen molar-refractivity contribution in [3.05, 3.63) is 28.2 Å². The number of aryl methyl sites for hydroxylation is 2. The highest BCUT2D eigenvalue weighted by Gasteiger charge is 2.07. The van der Waals surface area contributed by atoms with Crippen LogP contribution in [0, 0.1) is 13.8 Å². The lowest BCUT2D eigenvalue weighted by Crippen LogP contribution is -2.39. The van der Waals surface area contributed by atoms with Gasteiger partial charge in [-0.15, -0.1) is 17.9 Å². The number of nitrogens with one attached hydrogen (secondary N) is 1. The van der Waals surface area contributed by atoms with Crippen LogP contribution in [-0.2, 0) is 6.42 Å². The molecule has 1 rings (SSSR count). The maximum Gasteiger partial charge on any atom is 0.193 e. The molecule has 1 heterocycles. The summed E-state index contributed by atoms with van der Waals surface area (Å²) in [5, 5.41) is 4.53. The van der Waals surface area contributed by atoms with Crippen LogP contribution in [0.2, 0.25) is 0 Å². The smallest absolute Gasteiger partial charge is 0.193 e. The van der Waals surface area contributed by atoms with Crippen molar-refractivity contribution in [2.45, 2.75) is 52.9 Å². The Hall–Kier alpha value is -1.36. The summed E-state index contributed by atoms with van der Waals surface area (Å²) in [7, 11) is 2.12. The van der Waals surface area contributed by atoms with Gasteiger partial charge < -0.3 is 10.2 Å². The largest absolute Gasteiger partial charge is 0.357 e. The van der Waals surface area contributed by atoms with Crippen molar-refractivity contribution < 1.29 is 0 Å². The second-order valence-corrected chi connectivity index (χ2v) is 7.07. The molecule has 0 aliphatic carbocycles. The maximum absolute atomic E-state index is 4.77. The summed E-state index contributed by atoms with van der Waals surface area (Å²) >= 11 is 1.79. The minimum Gasteiger partial charge on any atom is -0.357 e. The third-order valence-corrected chi connectivity index (χ3v) is 4.83. The van der Waals surface area contributed by atoms with E-state index in [9.17, 15) is 0 Å². The van der Waals surface area contributed by atoms with Crippen LogP contribution in [0.15, 0.2) is 17.6 Å². The summed E-state index contributed by atoms with van der Waals surface area (Å²) in [6.45, 7) is 12.8. The Kier molecular flexibility index (Phi) is 9.60. The van der Waals surface area contributed by atoms with E-state index in [1.54, 1.807) is 11.3 Å². The molecule has 0 aliphatic rings. The van der Waals surface area contributed by atoms with Crippen molar-refractivity contribution in [2.24, 2.45) is 4.99 Å². The molecule has 0 unspecified atom stereocenters. The lowest BCUT2D eigenvalue weighted by atomic mass is 10.2. The highest BCUT2D eigenvalue weighted by molar-refractivity contribution is 7.11. The van der Waals surface area contributed by atoms with Crippen LogP contribution in [0.3, 0.4) is 0 Å². The lowest BCUT2D eigenvalue weighted by molar-refractivity contribution is 0.455. The zero-order valence-electron chi connectivity index (χ0n) is 15.2. The number of hydrogen-bond acceptors (Lipinski definition) is 3. The standard InChI is InChI=1S/C18H32N4S/c1-6-8-9-10-11-14-22(5)18(19-7-2)20-13-12-17-15(3)21-16(4)23-17/h6H,1,7-14H2,2-5H3,(H,19,20). The molecule has 5 heteroatoms. The molecule has 0 bridgehead atoms. The van der Waals surface area contributed by atoms with Gasteiger partial charge in [0.05, 0.1) is 10.7 Å². The number of aromatic nitrogens is 1. The van der Waals surface area contributed by atoms with Gasteiger partial charge in [-0.3, -0.25) is 4.99 Å². The first kappa shape index (κ1) is 19.7. The molecule has 1 N–H and O–H groups in total. The highest BCUT2D eigenvalue weighted by atomic mass is 32.1. The molecule has 0 spiro atoms. The topological polar surface area (TPSA) is 40.5 Å². The van der Waals surface area contributed by atoms with Crippen molar-refractivity contribution in [1.29, 1.82) is 0 Å². The Bertz CT molecular complexity index is 493. The summed E-state index contributed by atoms with van der Waals surface area (Å²) < 4.78 is 0. The number of hydrogen-bond donors (Lipinski definition) is 1. The highest BCUT2D eigenvalue weighted by Crippen LogP contribution is 2.17. The van der Waals surface area contributed by atoms with Gasteiger partial charge in [0.25, 0.3) is 0 Å². The van der Waals surface area contributed by atoms with E-state index in [0.29, 0.717) is 0 Å². The van der Waals surface area contributed by atoms with Gasteiger partial charge >= 0.3 is 0 Å². The van der Waals surface area contributed by atoms with Crippen LogP contribution in [0.1, 0.15) is 48.2 Å². The van der Waals surface area contributed by atoms with Crippen LogP contribution >= 0.6 is 11.3 Å². The van der Waals surface area contributed by atoms with Gasteiger partial charge in [0, 0.05) is 38.0 Å². The zero-order valence-corrected chi connectivity index (χ0v) is 16.0. The monoisotopic (exact) mass is 336 g/mol. The summed E-state index contributed by atoms with van der Waals surface area (Å²) in [6.07, 6.45) is 7.76. The number of aliphatic imine (C=N–C) groups is 1. The molecular weight excluding hydrogens is 304 g/mol. The molecule has 0 aromatic carbocycles. The number of guanidine groups is 1. The molecule has 0 atom stereocenters. The van der Waals surface area contributed by atoms with Gasteiger partial charge in [0.1, 0.15) is 0 Å². The van der Waals surface area contributed by atoms with Gasteiger partial charge in [0.15, 0.2) is 5.96 Å². The van der Waals surface area contributed by atoms with Gasteiger partial charge in [-0.05, 0) is 40.0 Å². The number of thiazole rings is 1. The van der Waals surface area contributed by atoms with E-state index < -0.39 is 0 Å². The van der Waals surface area contributed by atoms with Crippen LogP contribution in [0.4, 0.5) is 0 Å². The Morgan fingerprint density at radius 1 is 1.35 bits per heavy atom. The first-order valence-corrected chi connectivity index (χ1v) is 9.43. The average Bonchev–Trinajstić information content (AvgIpc) is 2.84. The summed E-state index contributed by atoms with van der Waals surface area (Å²) in [4.78, 5) is 12.8. The Morgan fingerprint density at radius 2 is 2.13 bits per heavy atom. The van der Waals surface area contributed by atoms with E-state index in [2.05, 4.69) is 49.6 Å². The molecule has 4 nitrogen and oxygen atoms in total. The fourth-order valence-electron chi connectivity index (χ4n) is 2.46. The van der Waals surface area contributed by atoms with Crippen molar-refractivity contribution in [3.8, 4) is 0 Å². The van der Waals surface area contributed by atoms with Gasteiger partial charge in [0.2, 0.25) is 0 Å². The van der Waals surface area contributed by atoms with E-state index in [4.69, 9.17) is 4.99 Å². The van der Waals surface area contributed by atoms with Gasteiger partial charge in [-0.25, -0.2) is 4.98 Å². The predicted molar refractivity (Wildman–Crippen MR) is 103 cm³/mol. The number of allylic oxidation sites excluding steroid dienone is 1. The minimum absolute atomic E-state index is 0.811. The van der Waals surface area contributed by atoms with Crippen molar-refractivity contribution in [3.63, 3.8) is 0 Å². The van der Waals surface area contributed by atoms with Crippen molar-refractivity contribution in [2.75, 3.05) is 26.7 Å². The molecule has 0 aliphatic heterocycles. The molecule has 0 amide bonds. The Balaban J connectivity index is 2.45. The Labute approximate surface area is 145 Å². The van der Waals surface area contributed by atoms with E-state index >= 15 is 0 Å². The molecule has 1 aromatic heterocycles. The minimum atomic E-state index is 0.811. The van der Waals surface area contributed by atoms with E-state index in [1.807, 2.05) is 6.08 Å². The number of unbranched alkanes of at least 4 members (excludes halogenated alkanes) is 3. The van der Waals surface area contributed by atoms with Crippen LogP contribution in [0.5, 0.6) is 0 Å². The Morgan fingerprint density at radius 3 is 2.74 bits per heavy atom. The third kappa shape index (κ3) is 7.64. The molecule has 23 heavy (non-hydrogen) atoms. The maximum atomic E-state index is 4.77. The van der Waals surface area contributed by atoms with Crippen LogP contribution < -0.4 is 5.32 Å². The second-order valence-electron chi connectivity index (χ2n) is 5.79. The number of rotatable bonds is 10. The molecule has 0 fully saturated rings. The molecule has 0 radical (unpaired) electrons. The van der Waals surface area contributed by atoms with Crippen molar-refractivity contribution in [1.82, 2.24) is 15.2 Å². The molecule has 130 valence electrons. The zero-order chi connectivity index (χ0) is 17.1.